The summed E-state index contributed by atoms with van der Waals surface area (Å²) in [7, 11) is 4.49. The molecule has 0 radical (unpaired) electrons. The molecule has 0 unspecified atom stereocenters. The number of aromatic hydroxyl groups is 1. The molecule has 2 aromatic carbocycles. The zero-order valence-electron chi connectivity index (χ0n) is 19.4. The Labute approximate surface area is 198 Å². The first-order valence-electron chi connectivity index (χ1n) is 10.3. The smallest absolute Gasteiger partial charge is 0.341 e. The number of hydrogen-bond acceptors (Lipinski definition) is 11. The van der Waals surface area contributed by atoms with E-state index in [1.807, 2.05) is 0 Å². The normalized spacial score (nSPS) is 25.6. The number of methoxy groups -OCH3 is 4. The second kappa shape index (κ2) is 7.87. The standard InChI is InChI=1S/C24H22O11/c1-9-15-10(7-12(32-2)16(9)22(30)34-4)6-11-17(18(15)26)21(29)24(35-5)14(25)8-13(33-3)20(28)23(24,31)19(11)27/h6-8,20,26,28,31H,1-5H3/t20-,23+,24+/m0/s1. The van der Waals surface area contributed by atoms with Crippen molar-refractivity contribution in [3.05, 3.63) is 46.2 Å². The number of fused-ring (bicyclic) bond motifs is 3. The van der Waals surface area contributed by atoms with Crippen molar-refractivity contribution in [2.75, 3.05) is 28.4 Å². The molecule has 2 aliphatic rings. The number of ketones is 3. The predicted octanol–water partition coefficient (Wildman–Crippen LogP) is 0.618. The molecule has 3 atom stereocenters. The first-order valence-corrected chi connectivity index (χ1v) is 10.3. The Balaban J connectivity index is 2.15. The molecule has 2 aromatic rings. The number of esters is 1. The Morgan fingerprint density at radius 3 is 2.23 bits per heavy atom. The SMILES string of the molecule is COC(=O)c1c(OC)cc2cc3c(c(O)c2c1C)C(=O)[C@]1(OC)C(=O)C=C(OC)[C@H](O)[C@]1(O)C3=O. The van der Waals surface area contributed by atoms with Crippen molar-refractivity contribution in [1.29, 1.82) is 0 Å². The van der Waals surface area contributed by atoms with Gasteiger partial charge < -0.3 is 34.3 Å². The number of carbonyl (C=O) groups is 4. The zero-order valence-corrected chi connectivity index (χ0v) is 19.4. The van der Waals surface area contributed by atoms with Crippen LogP contribution in [0, 0.1) is 6.92 Å². The fourth-order valence-corrected chi connectivity index (χ4v) is 5.01. The first kappa shape index (κ1) is 24.3. The molecule has 0 aromatic heterocycles. The Hall–Kier alpha value is -3.80. The third-order valence-corrected chi connectivity index (χ3v) is 6.73. The number of carbonyl (C=O) groups excluding carboxylic acids is 4. The minimum absolute atomic E-state index is 0.0136. The van der Waals surface area contributed by atoms with Crippen LogP contribution in [-0.2, 0) is 19.0 Å². The molecule has 0 saturated heterocycles. The fourth-order valence-electron chi connectivity index (χ4n) is 5.01. The number of phenolic OH excluding ortho intramolecular Hbond substituents is 1. The van der Waals surface area contributed by atoms with Crippen LogP contribution in [-0.4, -0.2) is 84.4 Å². The molecule has 0 heterocycles. The molecule has 35 heavy (non-hydrogen) atoms. The van der Waals surface area contributed by atoms with Crippen molar-refractivity contribution in [2.24, 2.45) is 0 Å². The summed E-state index contributed by atoms with van der Waals surface area (Å²) in [5.41, 5.74) is -6.90. The quantitative estimate of drug-likeness (QED) is 0.409. The maximum Gasteiger partial charge on any atom is 0.341 e. The lowest BCUT2D eigenvalue weighted by molar-refractivity contribution is -0.180. The van der Waals surface area contributed by atoms with Crippen LogP contribution in [0.25, 0.3) is 10.8 Å². The van der Waals surface area contributed by atoms with Crippen LogP contribution < -0.4 is 4.74 Å². The van der Waals surface area contributed by atoms with Crippen molar-refractivity contribution in [1.82, 2.24) is 0 Å². The maximum absolute atomic E-state index is 13.8. The Kier molecular flexibility index (Phi) is 5.47. The number of rotatable bonds is 4. The van der Waals surface area contributed by atoms with Crippen LogP contribution in [0.4, 0.5) is 0 Å². The summed E-state index contributed by atoms with van der Waals surface area (Å²) in [4.78, 5) is 52.9. The van der Waals surface area contributed by atoms with Crippen LogP contribution >= 0.6 is 0 Å². The van der Waals surface area contributed by atoms with E-state index in [1.54, 1.807) is 0 Å². The highest BCUT2D eigenvalue weighted by Crippen LogP contribution is 2.50. The van der Waals surface area contributed by atoms with E-state index in [9.17, 15) is 34.5 Å². The summed E-state index contributed by atoms with van der Waals surface area (Å²) < 4.78 is 20.2. The van der Waals surface area contributed by atoms with Crippen LogP contribution in [0.2, 0.25) is 0 Å². The Bertz CT molecular complexity index is 1370. The molecule has 0 fully saturated rings. The largest absolute Gasteiger partial charge is 0.507 e. The number of aliphatic hydroxyl groups excluding tert-OH is 1. The summed E-state index contributed by atoms with van der Waals surface area (Å²) >= 11 is 0. The summed E-state index contributed by atoms with van der Waals surface area (Å²) in [5, 5.41) is 33.7. The van der Waals surface area contributed by atoms with Crippen molar-refractivity contribution >= 4 is 34.1 Å². The lowest BCUT2D eigenvalue weighted by atomic mass is 9.60. The molecular weight excluding hydrogens is 464 g/mol. The molecule has 4 rings (SSSR count). The number of Topliss-reactive ketones (excluding diaryl/α,β-unsaturated/α-hetero) is 2. The summed E-state index contributed by atoms with van der Waals surface area (Å²) in [5.74, 6) is -5.52. The molecule has 11 nitrogen and oxygen atoms in total. The van der Waals surface area contributed by atoms with Gasteiger partial charge in [-0.15, -0.1) is 0 Å². The zero-order chi connectivity index (χ0) is 26.0. The lowest BCUT2D eigenvalue weighted by Gasteiger charge is -2.49. The summed E-state index contributed by atoms with van der Waals surface area (Å²) in [6, 6.07) is 2.54. The number of aliphatic hydroxyl groups is 2. The average Bonchev–Trinajstić information content (AvgIpc) is 2.84. The maximum atomic E-state index is 13.8. The molecule has 11 heteroatoms. The third kappa shape index (κ3) is 2.71. The highest BCUT2D eigenvalue weighted by molar-refractivity contribution is 6.35. The van der Waals surface area contributed by atoms with Gasteiger partial charge in [0.25, 0.3) is 0 Å². The van der Waals surface area contributed by atoms with Crippen LogP contribution in [0.15, 0.2) is 24.0 Å². The minimum Gasteiger partial charge on any atom is -0.507 e. The van der Waals surface area contributed by atoms with E-state index in [4.69, 9.17) is 18.9 Å². The van der Waals surface area contributed by atoms with E-state index in [0.717, 1.165) is 27.4 Å². The van der Waals surface area contributed by atoms with E-state index in [2.05, 4.69) is 0 Å². The molecule has 3 N–H and O–H groups in total. The number of aryl methyl sites for hydroxylation is 1. The molecule has 184 valence electrons. The minimum atomic E-state index is -3.09. The van der Waals surface area contributed by atoms with Crippen LogP contribution in [0.3, 0.4) is 0 Å². The Morgan fingerprint density at radius 1 is 1.03 bits per heavy atom. The van der Waals surface area contributed by atoms with Gasteiger partial charge in [0.15, 0.2) is 6.10 Å². The van der Waals surface area contributed by atoms with E-state index in [0.29, 0.717) is 0 Å². The van der Waals surface area contributed by atoms with Gasteiger partial charge in [-0.3, -0.25) is 14.4 Å². The third-order valence-electron chi connectivity index (χ3n) is 6.73. The predicted molar refractivity (Wildman–Crippen MR) is 118 cm³/mol. The van der Waals surface area contributed by atoms with Gasteiger partial charge in [-0.25, -0.2) is 4.79 Å². The second-order valence-electron chi connectivity index (χ2n) is 8.14. The number of benzene rings is 2. The molecular formula is C24H22O11. The van der Waals surface area contributed by atoms with Gasteiger partial charge >= 0.3 is 5.97 Å². The monoisotopic (exact) mass is 486 g/mol. The summed E-state index contributed by atoms with van der Waals surface area (Å²) in [6.45, 7) is 1.48. The van der Waals surface area contributed by atoms with Crippen molar-refractivity contribution in [3.8, 4) is 11.5 Å². The average molecular weight is 486 g/mol. The van der Waals surface area contributed by atoms with Crippen molar-refractivity contribution in [3.63, 3.8) is 0 Å². The van der Waals surface area contributed by atoms with E-state index in [1.165, 1.54) is 26.2 Å². The van der Waals surface area contributed by atoms with Gasteiger partial charge in [0.05, 0.1) is 26.9 Å². The van der Waals surface area contributed by atoms with Gasteiger partial charge in [0.2, 0.25) is 28.6 Å². The molecule has 0 saturated carbocycles. The molecule has 2 aliphatic carbocycles. The fraction of sp³-hybridized carbons (Fsp3) is 0.333. The van der Waals surface area contributed by atoms with E-state index in [-0.39, 0.29) is 27.6 Å². The molecule has 0 spiro atoms. The number of hydrogen-bond donors (Lipinski definition) is 3. The lowest BCUT2D eigenvalue weighted by Crippen LogP contribution is -2.77. The Morgan fingerprint density at radius 2 is 1.69 bits per heavy atom. The van der Waals surface area contributed by atoms with E-state index < -0.39 is 63.3 Å². The highest BCUT2D eigenvalue weighted by Gasteiger charge is 2.74. The molecule has 0 aliphatic heterocycles. The van der Waals surface area contributed by atoms with E-state index >= 15 is 0 Å². The first-order chi connectivity index (χ1) is 16.5. The number of ether oxygens (including phenoxy) is 4. The van der Waals surface area contributed by atoms with Gasteiger partial charge in [0.1, 0.15) is 22.8 Å². The van der Waals surface area contributed by atoms with Gasteiger partial charge in [-0.05, 0) is 30.0 Å². The van der Waals surface area contributed by atoms with Crippen molar-refractivity contribution in [2.45, 2.75) is 24.2 Å². The second-order valence-corrected chi connectivity index (χ2v) is 8.14. The topological polar surface area (TPSA) is 166 Å². The van der Waals surface area contributed by atoms with Gasteiger partial charge in [-0.2, -0.15) is 0 Å². The molecule has 0 bridgehead atoms. The summed E-state index contributed by atoms with van der Waals surface area (Å²) in [6.07, 6.45) is -1.38. The van der Waals surface area contributed by atoms with Gasteiger partial charge in [0, 0.05) is 24.1 Å². The highest BCUT2D eigenvalue weighted by atomic mass is 16.5. The van der Waals surface area contributed by atoms with Gasteiger partial charge in [-0.1, -0.05) is 0 Å². The van der Waals surface area contributed by atoms with Crippen LogP contribution in [0.1, 0.15) is 36.6 Å². The molecule has 0 amide bonds. The van der Waals surface area contributed by atoms with Crippen LogP contribution in [0.5, 0.6) is 11.5 Å². The van der Waals surface area contributed by atoms with Crippen molar-refractivity contribution < 1.29 is 53.4 Å². The number of phenols is 1.